The molecule has 0 aliphatic rings. The molecule has 1 heterocycles. The number of benzene rings is 8. The minimum absolute atomic E-state index is 0.191. The second kappa shape index (κ2) is 10.4. The fourth-order valence-electron chi connectivity index (χ4n) is 6.83. The summed E-state index contributed by atoms with van der Waals surface area (Å²) in [6, 6.07) is 45.7. The molecule has 0 amide bonds. The largest absolute Gasteiger partial charge is 0.455 e. The molecular formula is C44H28O. The van der Waals surface area contributed by atoms with Crippen LogP contribution in [0.3, 0.4) is 0 Å². The van der Waals surface area contributed by atoms with Crippen molar-refractivity contribution in [2.45, 2.75) is 0 Å². The second-order valence-corrected chi connectivity index (χ2v) is 11.2. The van der Waals surface area contributed by atoms with Crippen LogP contribution in [-0.4, -0.2) is 0 Å². The highest BCUT2D eigenvalue weighted by atomic mass is 16.3. The van der Waals surface area contributed by atoms with E-state index in [1.54, 1.807) is 0 Å². The van der Waals surface area contributed by atoms with E-state index in [1.165, 1.54) is 0 Å². The zero-order valence-electron chi connectivity index (χ0n) is 29.2. The average Bonchev–Trinajstić information content (AvgIpc) is 3.54. The Balaban J connectivity index is 1.33. The van der Waals surface area contributed by atoms with Crippen LogP contribution < -0.4 is 0 Å². The highest BCUT2D eigenvalue weighted by Gasteiger charge is 2.20. The van der Waals surface area contributed by atoms with E-state index in [2.05, 4.69) is 72.8 Å². The van der Waals surface area contributed by atoms with Gasteiger partial charge in [-0.2, -0.15) is 0 Å². The third-order valence-corrected chi connectivity index (χ3v) is 8.77. The quantitative estimate of drug-likeness (QED) is 0.190. The lowest BCUT2D eigenvalue weighted by Gasteiger charge is -2.19. The Hall–Kier alpha value is -5.92. The van der Waals surface area contributed by atoms with Gasteiger partial charge in [-0.25, -0.2) is 0 Å². The molecule has 0 spiro atoms. The van der Waals surface area contributed by atoms with Gasteiger partial charge in [0.1, 0.15) is 11.2 Å². The molecule has 0 radical (unpaired) electrons. The molecule has 45 heavy (non-hydrogen) atoms. The van der Waals surface area contributed by atoms with Crippen molar-refractivity contribution in [3.05, 3.63) is 170 Å². The number of para-hydroxylation sites is 1. The summed E-state index contributed by atoms with van der Waals surface area (Å²) in [5, 5.41) is 6.21. The van der Waals surface area contributed by atoms with Crippen molar-refractivity contribution in [3.63, 3.8) is 0 Å². The van der Waals surface area contributed by atoms with Crippen molar-refractivity contribution in [2.75, 3.05) is 0 Å². The van der Waals surface area contributed by atoms with Crippen LogP contribution in [0.5, 0.6) is 0 Å². The van der Waals surface area contributed by atoms with Crippen molar-refractivity contribution in [2.24, 2.45) is 0 Å². The van der Waals surface area contributed by atoms with E-state index in [1.807, 2.05) is 66.7 Å². The standard InChI is InChI=1S/C44H28O/c1-3-14-29(15-4-1)32-18-7-8-19-34(32)43-37-22-11-9-20-35(37)42(36-21-10-12-23-38(36)43)31-26-27-41-40(28-31)39-25-13-24-33(44(39)45-41)30-16-5-2-6-17-30/h1-28H/i1D,3D,4D,14D,15D. The van der Waals surface area contributed by atoms with E-state index >= 15 is 0 Å². The molecule has 8 aromatic carbocycles. The van der Waals surface area contributed by atoms with Gasteiger partial charge in [0.25, 0.3) is 0 Å². The maximum Gasteiger partial charge on any atom is 0.143 e. The Labute approximate surface area is 268 Å². The Kier molecular flexibility index (Phi) is 4.81. The number of hydrogen-bond donors (Lipinski definition) is 0. The molecule has 1 aromatic heterocycles. The molecule has 210 valence electrons. The fourth-order valence-corrected chi connectivity index (χ4v) is 6.83. The molecule has 0 unspecified atom stereocenters. The maximum absolute atomic E-state index is 8.80. The van der Waals surface area contributed by atoms with Gasteiger partial charge in [-0.05, 0) is 72.6 Å². The first-order valence-corrected chi connectivity index (χ1v) is 15.0. The third kappa shape index (κ3) is 4.09. The average molecular weight is 578 g/mol. The van der Waals surface area contributed by atoms with Crippen molar-refractivity contribution < 1.29 is 11.3 Å². The summed E-state index contributed by atoms with van der Waals surface area (Å²) in [6.07, 6.45) is 0. The van der Waals surface area contributed by atoms with Gasteiger partial charge in [-0.3, -0.25) is 0 Å². The highest BCUT2D eigenvalue weighted by Crippen LogP contribution is 2.47. The normalized spacial score (nSPS) is 13.1. The predicted molar refractivity (Wildman–Crippen MR) is 190 cm³/mol. The monoisotopic (exact) mass is 577 g/mol. The van der Waals surface area contributed by atoms with Crippen molar-refractivity contribution in [1.29, 1.82) is 0 Å². The summed E-state index contributed by atoms with van der Waals surface area (Å²) in [5.74, 6) is 0. The van der Waals surface area contributed by atoms with E-state index in [4.69, 9.17) is 11.3 Å². The predicted octanol–water partition coefficient (Wildman–Crippen LogP) is 12.6. The Morgan fingerprint density at radius 3 is 1.67 bits per heavy atom. The summed E-state index contributed by atoms with van der Waals surface area (Å²) in [6.45, 7) is 0. The van der Waals surface area contributed by atoms with E-state index < -0.39 is 6.04 Å². The minimum atomic E-state index is -0.403. The zero-order chi connectivity index (χ0) is 34.1. The zero-order valence-corrected chi connectivity index (χ0v) is 24.2. The van der Waals surface area contributed by atoms with Crippen molar-refractivity contribution in [1.82, 2.24) is 0 Å². The molecule has 0 aliphatic carbocycles. The lowest BCUT2D eigenvalue weighted by atomic mass is 9.83. The van der Waals surface area contributed by atoms with Gasteiger partial charge in [0.05, 0.1) is 6.85 Å². The van der Waals surface area contributed by atoms with Crippen LogP contribution >= 0.6 is 0 Å². The molecule has 9 aromatic rings. The maximum atomic E-state index is 8.80. The van der Waals surface area contributed by atoms with Crippen LogP contribution in [0, 0.1) is 0 Å². The van der Waals surface area contributed by atoms with Crippen LogP contribution in [0.2, 0.25) is 0 Å². The fraction of sp³-hybridized carbons (Fsp3) is 0. The van der Waals surface area contributed by atoms with Crippen LogP contribution in [0.15, 0.2) is 174 Å². The summed E-state index contributed by atoms with van der Waals surface area (Å²) in [7, 11) is 0. The second-order valence-electron chi connectivity index (χ2n) is 11.2. The topological polar surface area (TPSA) is 13.1 Å². The SMILES string of the molecule is [2H]c1c([2H])c([2H])c(-c2ccccc2-c2c3ccccc3c(-c3ccc4oc5c(-c6ccccc6)cccc5c4c3)c3ccccc23)c([2H])c1[2H]. The number of rotatable bonds is 4. The molecule has 0 aliphatic heterocycles. The van der Waals surface area contributed by atoms with E-state index in [0.717, 1.165) is 76.9 Å². The highest BCUT2D eigenvalue weighted by molar-refractivity contribution is 6.23. The first-order valence-electron chi connectivity index (χ1n) is 17.5. The molecule has 0 atom stereocenters. The smallest absolute Gasteiger partial charge is 0.143 e. The summed E-state index contributed by atoms with van der Waals surface area (Å²) in [4.78, 5) is 0. The van der Waals surface area contributed by atoms with Gasteiger partial charge in [0, 0.05) is 16.3 Å². The van der Waals surface area contributed by atoms with Crippen LogP contribution in [0.4, 0.5) is 0 Å². The summed E-state index contributed by atoms with van der Waals surface area (Å²) < 4.78 is 49.0. The van der Waals surface area contributed by atoms with Crippen molar-refractivity contribution >= 4 is 43.5 Å². The van der Waals surface area contributed by atoms with Crippen LogP contribution in [0.25, 0.3) is 88.0 Å². The number of furan rings is 1. The van der Waals surface area contributed by atoms with Gasteiger partial charge in [-0.15, -0.1) is 0 Å². The van der Waals surface area contributed by atoms with E-state index in [9.17, 15) is 0 Å². The minimum Gasteiger partial charge on any atom is -0.455 e. The first kappa shape index (κ1) is 20.9. The number of fused-ring (bicyclic) bond motifs is 5. The Morgan fingerprint density at radius 2 is 0.956 bits per heavy atom. The van der Waals surface area contributed by atoms with Gasteiger partial charge in [-0.1, -0.05) is 158 Å². The van der Waals surface area contributed by atoms with Gasteiger partial charge in [0.15, 0.2) is 0 Å². The summed E-state index contributed by atoms with van der Waals surface area (Å²) in [5.41, 5.74) is 8.53. The van der Waals surface area contributed by atoms with Crippen LogP contribution in [-0.2, 0) is 0 Å². The van der Waals surface area contributed by atoms with Gasteiger partial charge in [0.2, 0.25) is 0 Å². The molecule has 0 fully saturated rings. The Morgan fingerprint density at radius 1 is 0.378 bits per heavy atom. The van der Waals surface area contributed by atoms with Crippen molar-refractivity contribution in [3.8, 4) is 44.5 Å². The molecule has 0 bridgehead atoms. The molecule has 1 nitrogen and oxygen atoms in total. The molecular weight excluding hydrogens is 544 g/mol. The third-order valence-electron chi connectivity index (χ3n) is 8.77. The molecule has 1 heteroatoms. The molecule has 0 saturated carbocycles. The van der Waals surface area contributed by atoms with Gasteiger partial charge < -0.3 is 4.42 Å². The molecule has 9 rings (SSSR count). The molecule has 0 saturated heterocycles. The number of hydrogen-bond acceptors (Lipinski definition) is 1. The van der Waals surface area contributed by atoms with Gasteiger partial charge >= 0.3 is 0 Å². The molecule has 0 N–H and O–H groups in total. The van der Waals surface area contributed by atoms with E-state index in [0.29, 0.717) is 5.56 Å². The van der Waals surface area contributed by atoms with E-state index in [-0.39, 0.29) is 29.7 Å². The Bertz CT molecular complexity index is 2730. The lowest BCUT2D eigenvalue weighted by molar-refractivity contribution is 0.670. The summed E-state index contributed by atoms with van der Waals surface area (Å²) >= 11 is 0. The van der Waals surface area contributed by atoms with Crippen LogP contribution in [0.1, 0.15) is 6.85 Å². The first-order chi connectivity index (χ1) is 24.4. The lowest BCUT2D eigenvalue weighted by Crippen LogP contribution is -1.92.